The first kappa shape index (κ1) is 17.7. The number of hydrogen-bond donors (Lipinski definition) is 2. The largest absolute Gasteiger partial charge is 0.362 e. The average Bonchev–Trinajstić information content (AvgIpc) is 3.11. The molecular weight excluding hydrogens is 352 g/mol. The predicted octanol–water partition coefficient (Wildman–Crippen LogP) is 3.95. The van der Waals surface area contributed by atoms with Crippen molar-refractivity contribution in [2.75, 3.05) is 10.6 Å². The lowest BCUT2D eigenvalue weighted by Crippen LogP contribution is -2.09. The zero-order valence-electron chi connectivity index (χ0n) is 15.6. The van der Waals surface area contributed by atoms with Gasteiger partial charge in [0.05, 0.1) is 23.4 Å². The minimum absolute atomic E-state index is 0.102. The molecule has 4 rings (SSSR count). The van der Waals surface area contributed by atoms with Crippen molar-refractivity contribution in [2.45, 2.75) is 19.9 Å². The number of aromatic nitrogens is 4. The molecular formula is C21H20N6O. The van der Waals surface area contributed by atoms with Crippen molar-refractivity contribution in [3.8, 4) is 5.82 Å². The molecule has 0 bridgehead atoms. The Bertz CT molecular complexity index is 1120. The van der Waals surface area contributed by atoms with Crippen LogP contribution in [0.3, 0.4) is 0 Å². The topological polar surface area (TPSA) is 84.7 Å². The van der Waals surface area contributed by atoms with E-state index in [9.17, 15) is 4.79 Å². The quantitative estimate of drug-likeness (QED) is 0.554. The van der Waals surface area contributed by atoms with Crippen molar-refractivity contribution in [3.63, 3.8) is 0 Å². The number of rotatable bonds is 5. The van der Waals surface area contributed by atoms with Crippen LogP contribution < -0.4 is 10.6 Å². The third kappa shape index (κ3) is 3.68. The van der Waals surface area contributed by atoms with E-state index in [1.807, 2.05) is 41.0 Å². The summed E-state index contributed by atoms with van der Waals surface area (Å²) in [4.78, 5) is 24.7. The Balaban J connectivity index is 1.61. The molecule has 2 aromatic heterocycles. The molecule has 0 saturated heterocycles. The fraction of sp³-hybridized carbons (Fsp3) is 0.143. The Labute approximate surface area is 162 Å². The zero-order valence-corrected chi connectivity index (χ0v) is 15.6. The minimum atomic E-state index is -0.115. The molecule has 1 amide bonds. The number of benzene rings is 2. The summed E-state index contributed by atoms with van der Waals surface area (Å²) in [6.45, 7) is 3.56. The van der Waals surface area contributed by atoms with Crippen molar-refractivity contribution in [3.05, 3.63) is 72.8 Å². The number of nitrogens with one attached hydrogen (secondary N) is 2. The zero-order chi connectivity index (χ0) is 19.5. The van der Waals surface area contributed by atoms with Crippen LogP contribution in [0.25, 0.3) is 16.9 Å². The van der Waals surface area contributed by atoms with E-state index in [4.69, 9.17) is 0 Å². The van der Waals surface area contributed by atoms with E-state index in [0.717, 1.165) is 11.0 Å². The average molecular weight is 372 g/mol. The predicted molar refractivity (Wildman–Crippen MR) is 109 cm³/mol. The van der Waals surface area contributed by atoms with Crippen molar-refractivity contribution in [1.82, 2.24) is 19.5 Å². The second-order valence-corrected chi connectivity index (χ2v) is 6.54. The number of carbonyl (C=O) groups excluding carboxylic acids is 1. The second-order valence-electron chi connectivity index (χ2n) is 6.54. The van der Waals surface area contributed by atoms with Crippen LogP contribution in [-0.4, -0.2) is 25.4 Å². The maximum absolute atomic E-state index is 11.2. The summed E-state index contributed by atoms with van der Waals surface area (Å²) in [5.74, 6) is 1.24. The lowest BCUT2D eigenvalue weighted by atomic mass is 10.1. The van der Waals surface area contributed by atoms with E-state index in [-0.39, 0.29) is 11.9 Å². The number of anilines is 2. The summed E-state index contributed by atoms with van der Waals surface area (Å²) in [7, 11) is 0. The lowest BCUT2D eigenvalue weighted by Gasteiger charge is -2.15. The first-order valence-electron chi connectivity index (χ1n) is 8.99. The number of hydrogen-bond acceptors (Lipinski definition) is 5. The molecule has 2 aromatic carbocycles. The number of fused-ring (bicyclic) bond motifs is 1. The Morgan fingerprint density at radius 3 is 2.71 bits per heavy atom. The van der Waals surface area contributed by atoms with Crippen LogP contribution in [0.4, 0.5) is 11.5 Å². The second kappa shape index (κ2) is 7.48. The highest BCUT2D eigenvalue weighted by molar-refractivity contribution is 5.91. The van der Waals surface area contributed by atoms with E-state index >= 15 is 0 Å². The maximum Gasteiger partial charge on any atom is 0.221 e. The van der Waals surface area contributed by atoms with E-state index in [0.29, 0.717) is 17.3 Å². The molecule has 0 saturated carbocycles. The van der Waals surface area contributed by atoms with Crippen molar-refractivity contribution >= 4 is 28.4 Å². The summed E-state index contributed by atoms with van der Waals surface area (Å²) >= 11 is 0. The van der Waals surface area contributed by atoms with Gasteiger partial charge in [0.15, 0.2) is 5.82 Å². The standard InChI is InChI=1S/C21H20N6O/c1-14(16-6-4-3-5-7-16)24-20-11-22-12-21(26-20)27-13-23-18-10-17(25-15(2)28)8-9-19(18)27/h3-14H,1-2H3,(H,24,26)(H,25,28). The van der Waals surface area contributed by atoms with Crippen LogP contribution in [-0.2, 0) is 4.79 Å². The molecule has 4 aromatic rings. The lowest BCUT2D eigenvalue weighted by molar-refractivity contribution is -0.114. The van der Waals surface area contributed by atoms with Gasteiger partial charge in [0.25, 0.3) is 0 Å². The first-order chi connectivity index (χ1) is 13.6. The van der Waals surface area contributed by atoms with Crippen LogP contribution >= 0.6 is 0 Å². The van der Waals surface area contributed by atoms with E-state index in [2.05, 4.69) is 44.6 Å². The first-order valence-corrected chi connectivity index (χ1v) is 8.99. The van der Waals surface area contributed by atoms with Gasteiger partial charge >= 0.3 is 0 Å². The van der Waals surface area contributed by atoms with Gasteiger partial charge in [-0.25, -0.2) is 9.97 Å². The molecule has 2 heterocycles. The summed E-state index contributed by atoms with van der Waals surface area (Å²) in [5, 5.41) is 6.15. The van der Waals surface area contributed by atoms with Gasteiger partial charge in [-0.3, -0.25) is 14.3 Å². The monoisotopic (exact) mass is 372 g/mol. The van der Waals surface area contributed by atoms with Gasteiger partial charge in [-0.15, -0.1) is 0 Å². The van der Waals surface area contributed by atoms with Gasteiger partial charge in [0, 0.05) is 18.7 Å². The molecule has 0 aliphatic heterocycles. The smallest absolute Gasteiger partial charge is 0.221 e. The van der Waals surface area contributed by atoms with Crippen molar-refractivity contribution in [1.29, 1.82) is 0 Å². The summed E-state index contributed by atoms with van der Waals surface area (Å²) < 4.78 is 1.87. The van der Waals surface area contributed by atoms with Crippen LogP contribution in [0.1, 0.15) is 25.5 Å². The van der Waals surface area contributed by atoms with Crippen molar-refractivity contribution in [2.24, 2.45) is 0 Å². The summed E-state index contributed by atoms with van der Waals surface area (Å²) in [6.07, 6.45) is 5.11. The molecule has 0 aliphatic carbocycles. The Morgan fingerprint density at radius 2 is 1.93 bits per heavy atom. The van der Waals surface area contributed by atoms with Crippen LogP contribution in [0.2, 0.25) is 0 Å². The maximum atomic E-state index is 11.2. The highest BCUT2D eigenvalue weighted by Gasteiger charge is 2.10. The molecule has 1 atom stereocenters. The van der Waals surface area contributed by atoms with Gasteiger partial charge in [-0.05, 0) is 30.7 Å². The highest BCUT2D eigenvalue weighted by Crippen LogP contribution is 2.22. The third-order valence-corrected chi connectivity index (χ3v) is 4.40. The van der Waals surface area contributed by atoms with Gasteiger partial charge in [0.2, 0.25) is 5.91 Å². The number of amides is 1. The molecule has 28 heavy (non-hydrogen) atoms. The Hall–Kier alpha value is -3.74. The molecule has 7 heteroatoms. The van der Waals surface area contributed by atoms with Crippen LogP contribution in [0.5, 0.6) is 0 Å². The van der Waals surface area contributed by atoms with E-state index < -0.39 is 0 Å². The molecule has 0 aliphatic rings. The molecule has 140 valence electrons. The van der Waals surface area contributed by atoms with Gasteiger partial charge in [0.1, 0.15) is 12.1 Å². The number of nitrogens with zero attached hydrogens (tertiary/aromatic N) is 4. The van der Waals surface area contributed by atoms with Crippen LogP contribution in [0.15, 0.2) is 67.3 Å². The van der Waals surface area contributed by atoms with Gasteiger partial charge < -0.3 is 10.6 Å². The molecule has 2 N–H and O–H groups in total. The molecule has 0 fully saturated rings. The van der Waals surface area contributed by atoms with E-state index in [1.54, 1.807) is 18.7 Å². The van der Waals surface area contributed by atoms with E-state index in [1.165, 1.54) is 12.5 Å². The molecule has 0 radical (unpaired) electrons. The Kier molecular flexibility index (Phi) is 4.72. The third-order valence-electron chi connectivity index (χ3n) is 4.40. The SMILES string of the molecule is CC(=O)Nc1ccc2c(c1)ncn2-c1cncc(NC(C)c2ccccc2)n1. The summed E-state index contributed by atoms with van der Waals surface area (Å²) in [6, 6.07) is 15.9. The van der Waals surface area contributed by atoms with Crippen molar-refractivity contribution < 1.29 is 4.79 Å². The molecule has 1 unspecified atom stereocenters. The van der Waals surface area contributed by atoms with Gasteiger partial charge in [-0.2, -0.15) is 0 Å². The highest BCUT2D eigenvalue weighted by atomic mass is 16.1. The Morgan fingerprint density at radius 1 is 1.11 bits per heavy atom. The number of carbonyl (C=O) groups is 1. The van der Waals surface area contributed by atoms with Gasteiger partial charge in [-0.1, -0.05) is 30.3 Å². The molecule has 7 nitrogen and oxygen atoms in total. The normalized spacial score (nSPS) is 11.9. The summed E-state index contributed by atoms with van der Waals surface area (Å²) in [5.41, 5.74) is 3.54. The fourth-order valence-electron chi connectivity index (χ4n) is 3.06. The number of imidazole rings is 1. The minimum Gasteiger partial charge on any atom is -0.362 e. The molecule has 0 spiro atoms. The fourth-order valence-corrected chi connectivity index (χ4v) is 3.06. The van der Waals surface area contributed by atoms with Crippen LogP contribution in [0, 0.1) is 0 Å².